The number of hydrogen-bond acceptors (Lipinski definition) is 4. The standard InChI is InChI=1S/C26H29N3O4S/c1-2-3-4-8-19-27-34(32,33)24-17-15-23(16-18-24)29-26(31)21-11-13-22(14-12-21)28-25(30)20-9-6-5-7-10-20/h5-7,9-18,27H,2-4,8,19H2,1H3,(H,28,30)(H,29,31). The average molecular weight is 480 g/mol. The molecule has 0 aromatic heterocycles. The summed E-state index contributed by atoms with van der Waals surface area (Å²) in [6.07, 6.45) is 3.97. The maximum atomic E-state index is 12.5. The molecular weight excluding hydrogens is 450 g/mol. The molecule has 8 heteroatoms. The Morgan fingerprint density at radius 1 is 0.676 bits per heavy atom. The lowest BCUT2D eigenvalue weighted by Gasteiger charge is -2.09. The van der Waals surface area contributed by atoms with Gasteiger partial charge < -0.3 is 10.6 Å². The van der Waals surface area contributed by atoms with Crippen molar-refractivity contribution in [3.05, 3.63) is 90.0 Å². The number of benzene rings is 3. The second kappa shape index (κ2) is 12.1. The minimum atomic E-state index is -3.58. The van der Waals surface area contributed by atoms with Crippen LogP contribution >= 0.6 is 0 Å². The van der Waals surface area contributed by atoms with Crippen LogP contribution < -0.4 is 15.4 Å². The molecule has 3 aromatic rings. The van der Waals surface area contributed by atoms with Crippen LogP contribution in [0.15, 0.2) is 83.8 Å². The van der Waals surface area contributed by atoms with Gasteiger partial charge in [-0.25, -0.2) is 13.1 Å². The van der Waals surface area contributed by atoms with E-state index in [2.05, 4.69) is 22.3 Å². The highest BCUT2D eigenvalue weighted by molar-refractivity contribution is 7.89. The zero-order chi connectivity index (χ0) is 24.4. The summed E-state index contributed by atoms with van der Waals surface area (Å²) >= 11 is 0. The lowest BCUT2D eigenvalue weighted by atomic mass is 10.1. The number of carbonyl (C=O) groups excluding carboxylic acids is 2. The highest BCUT2D eigenvalue weighted by Gasteiger charge is 2.14. The molecule has 34 heavy (non-hydrogen) atoms. The Bertz CT molecular complexity index is 1190. The molecule has 0 saturated heterocycles. The minimum absolute atomic E-state index is 0.152. The first-order valence-corrected chi connectivity index (χ1v) is 12.7. The minimum Gasteiger partial charge on any atom is -0.322 e. The Morgan fingerprint density at radius 3 is 1.76 bits per heavy atom. The maximum Gasteiger partial charge on any atom is 0.255 e. The van der Waals surface area contributed by atoms with Crippen molar-refractivity contribution in [3.8, 4) is 0 Å². The molecule has 0 aliphatic carbocycles. The predicted molar refractivity (Wildman–Crippen MR) is 135 cm³/mol. The molecule has 0 unspecified atom stereocenters. The van der Waals surface area contributed by atoms with Gasteiger partial charge in [0.05, 0.1) is 4.90 Å². The summed E-state index contributed by atoms with van der Waals surface area (Å²) in [5.41, 5.74) is 2.00. The summed E-state index contributed by atoms with van der Waals surface area (Å²) in [6, 6.07) is 21.4. The van der Waals surface area contributed by atoms with E-state index in [1.165, 1.54) is 12.1 Å². The quantitative estimate of drug-likeness (QED) is 0.335. The maximum absolute atomic E-state index is 12.5. The van der Waals surface area contributed by atoms with E-state index in [0.717, 1.165) is 25.7 Å². The number of rotatable bonds is 11. The molecule has 2 amide bonds. The van der Waals surface area contributed by atoms with Gasteiger partial charge in [0.15, 0.2) is 0 Å². The molecule has 0 spiro atoms. The van der Waals surface area contributed by atoms with E-state index in [0.29, 0.717) is 29.0 Å². The first kappa shape index (κ1) is 25.1. The van der Waals surface area contributed by atoms with E-state index in [-0.39, 0.29) is 16.7 Å². The van der Waals surface area contributed by atoms with Crippen LogP contribution in [0.2, 0.25) is 0 Å². The lowest BCUT2D eigenvalue weighted by molar-refractivity contribution is 0.102. The first-order valence-electron chi connectivity index (χ1n) is 11.3. The van der Waals surface area contributed by atoms with Gasteiger partial charge in [0.1, 0.15) is 0 Å². The molecule has 0 heterocycles. The molecule has 178 valence electrons. The van der Waals surface area contributed by atoms with Crippen LogP contribution in [0.25, 0.3) is 0 Å². The number of hydrogen-bond donors (Lipinski definition) is 3. The van der Waals surface area contributed by atoms with E-state index >= 15 is 0 Å². The summed E-state index contributed by atoms with van der Waals surface area (Å²) in [7, 11) is -3.58. The molecule has 3 N–H and O–H groups in total. The summed E-state index contributed by atoms with van der Waals surface area (Å²) in [4.78, 5) is 24.9. The van der Waals surface area contributed by atoms with Gasteiger partial charge >= 0.3 is 0 Å². The SMILES string of the molecule is CCCCCCNS(=O)(=O)c1ccc(NC(=O)c2ccc(NC(=O)c3ccccc3)cc2)cc1. The van der Waals surface area contributed by atoms with Crippen molar-refractivity contribution in [2.75, 3.05) is 17.2 Å². The molecular formula is C26H29N3O4S. The molecule has 0 fully saturated rings. The van der Waals surface area contributed by atoms with Crippen molar-refractivity contribution in [3.63, 3.8) is 0 Å². The van der Waals surface area contributed by atoms with E-state index in [9.17, 15) is 18.0 Å². The van der Waals surface area contributed by atoms with Crippen LogP contribution in [-0.4, -0.2) is 26.8 Å². The van der Waals surface area contributed by atoms with Crippen LogP contribution in [0.5, 0.6) is 0 Å². The van der Waals surface area contributed by atoms with E-state index < -0.39 is 10.0 Å². The second-order valence-electron chi connectivity index (χ2n) is 7.83. The number of unbranched alkanes of at least 4 members (excludes halogenated alkanes) is 3. The van der Waals surface area contributed by atoms with Crippen molar-refractivity contribution in [2.24, 2.45) is 0 Å². The zero-order valence-corrected chi connectivity index (χ0v) is 19.9. The molecule has 0 atom stereocenters. The number of sulfonamides is 1. The topological polar surface area (TPSA) is 104 Å². The third-order valence-electron chi connectivity index (χ3n) is 5.19. The molecule has 0 aliphatic heterocycles. The van der Waals surface area contributed by atoms with Gasteiger partial charge in [-0.15, -0.1) is 0 Å². The highest BCUT2D eigenvalue weighted by atomic mass is 32.2. The summed E-state index contributed by atoms with van der Waals surface area (Å²) in [5, 5.41) is 5.53. The molecule has 0 bridgehead atoms. The van der Waals surface area contributed by atoms with Crippen LogP contribution in [0.3, 0.4) is 0 Å². The van der Waals surface area contributed by atoms with Crippen molar-refractivity contribution in [2.45, 2.75) is 37.5 Å². The molecule has 0 aliphatic rings. The molecule has 3 aromatic carbocycles. The fourth-order valence-corrected chi connectivity index (χ4v) is 4.33. The Balaban J connectivity index is 1.54. The van der Waals surface area contributed by atoms with E-state index in [1.807, 2.05) is 6.07 Å². The Labute approximate surface area is 200 Å². The van der Waals surface area contributed by atoms with Crippen molar-refractivity contribution in [1.29, 1.82) is 0 Å². The van der Waals surface area contributed by atoms with Crippen molar-refractivity contribution >= 4 is 33.2 Å². The number of amides is 2. The van der Waals surface area contributed by atoms with Crippen LogP contribution in [0.1, 0.15) is 53.3 Å². The van der Waals surface area contributed by atoms with Crippen LogP contribution in [-0.2, 0) is 10.0 Å². The monoisotopic (exact) mass is 479 g/mol. The predicted octanol–water partition coefficient (Wildman–Crippen LogP) is 5.05. The van der Waals surface area contributed by atoms with Crippen LogP contribution in [0, 0.1) is 0 Å². The Kier molecular flexibility index (Phi) is 8.95. The average Bonchev–Trinajstić information content (AvgIpc) is 2.85. The summed E-state index contributed by atoms with van der Waals surface area (Å²) in [5.74, 6) is -0.575. The third-order valence-corrected chi connectivity index (χ3v) is 6.66. The van der Waals surface area contributed by atoms with Gasteiger partial charge in [-0.1, -0.05) is 44.4 Å². The molecule has 7 nitrogen and oxygen atoms in total. The van der Waals surface area contributed by atoms with Crippen molar-refractivity contribution in [1.82, 2.24) is 4.72 Å². The van der Waals surface area contributed by atoms with Gasteiger partial charge in [0.2, 0.25) is 10.0 Å². The molecule has 3 rings (SSSR count). The summed E-state index contributed by atoms with van der Waals surface area (Å²) in [6.45, 7) is 2.51. The van der Waals surface area contributed by atoms with E-state index in [4.69, 9.17) is 0 Å². The van der Waals surface area contributed by atoms with Crippen molar-refractivity contribution < 1.29 is 18.0 Å². The second-order valence-corrected chi connectivity index (χ2v) is 9.60. The van der Waals surface area contributed by atoms with Gasteiger partial charge in [-0.2, -0.15) is 0 Å². The van der Waals surface area contributed by atoms with Gasteiger partial charge in [-0.05, 0) is 67.1 Å². The normalized spacial score (nSPS) is 11.1. The number of nitrogens with one attached hydrogen (secondary N) is 3. The van der Waals surface area contributed by atoms with E-state index in [1.54, 1.807) is 60.7 Å². The van der Waals surface area contributed by atoms with Gasteiger partial charge in [0, 0.05) is 29.0 Å². The molecule has 0 saturated carbocycles. The third kappa shape index (κ3) is 7.26. The fourth-order valence-electron chi connectivity index (χ4n) is 3.26. The fraction of sp³-hybridized carbons (Fsp3) is 0.231. The largest absolute Gasteiger partial charge is 0.322 e. The molecule has 0 radical (unpaired) electrons. The number of anilines is 2. The smallest absolute Gasteiger partial charge is 0.255 e. The van der Waals surface area contributed by atoms with Gasteiger partial charge in [-0.3, -0.25) is 9.59 Å². The Morgan fingerprint density at radius 2 is 1.21 bits per heavy atom. The lowest BCUT2D eigenvalue weighted by Crippen LogP contribution is -2.24. The zero-order valence-electron chi connectivity index (χ0n) is 19.1. The first-order chi connectivity index (χ1) is 16.4. The highest BCUT2D eigenvalue weighted by Crippen LogP contribution is 2.17. The summed E-state index contributed by atoms with van der Waals surface area (Å²) < 4.78 is 27.4. The number of carbonyl (C=O) groups is 2. The Hall–Kier alpha value is -3.49. The van der Waals surface area contributed by atoms with Crippen LogP contribution in [0.4, 0.5) is 11.4 Å². The van der Waals surface area contributed by atoms with Gasteiger partial charge in [0.25, 0.3) is 11.8 Å².